The van der Waals surface area contributed by atoms with Gasteiger partial charge in [0, 0.05) is 11.8 Å². The summed E-state index contributed by atoms with van der Waals surface area (Å²) in [7, 11) is 0. The van der Waals surface area contributed by atoms with Crippen molar-refractivity contribution in [1.82, 2.24) is 0 Å². The first-order valence-electron chi connectivity index (χ1n) is 5.81. The lowest BCUT2D eigenvalue weighted by Crippen LogP contribution is -2.15. The Morgan fingerprint density at radius 2 is 1.90 bits per heavy atom. The van der Waals surface area contributed by atoms with Crippen LogP contribution in [0.5, 0.6) is 11.5 Å². The summed E-state index contributed by atoms with van der Waals surface area (Å²) in [6, 6.07) is 8.67. The van der Waals surface area contributed by atoms with E-state index >= 15 is 0 Å². The second kappa shape index (κ2) is 6.17. The van der Waals surface area contributed by atoms with E-state index in [4.69, 9.17) is 5.11 Å². The van der Waals surface area contributed by atoms with Crippen molar-refractivity contribution in [2.45, 2.75) is 6.61 Å². The molecule has 0 saturated heterocycles. The van der Waals surface area contributed by atoms with Crippen molar-refractivity contribution in [3.05, 3.63) is 53.8 Å². The average molecular weight is 297 g/mol. The van der Waals surface area contributed by atoms with Gasteiger partial charge in [-0.2, -0.15) is 8.78 Å². The zero-order chi connectivity index (χ0) is 15.4. The number of ether oxygens (including phenoxy) is 1. The van der Waals surface area contributed by atoms with E-state index in [0.29, 0.717) is 0 Å². The molecule has 0 saturated carbocycles. The van der Waals surface area contributed by atoms with Crippen molar-refractivity contribution >= 4 is 11.6 Å². The topological polar surface area (TPSA) is 58.6 Å². The molecule has 2 N–H and O–H groups in total. The Hall–Kier alpha value is -2.70. The first-order valence-corrected chi connectivity index (χ1v) is 5.81. The monoisotopic (exact) mass is 297 g/mol. The lowest BCUT2D eigenvalue weighted by molar-refractivity contribution is -0.0501. The summed E-state index contributed by atoms with van der Waals surface area (Å²) in [6.45, 7) is -3.06. The summed E-state index contributed by atoms with van der Waals surface area (Å²) in [4.78, 5) is 12.0. The number of benzene rings is 2. The van der Waals surface area contributed by atoms with Crippen LogP contribution in [0.1, 0.15) is 10.4 Å². The number of carbonyl (C=O) groups is 1. The highest BCUT2D eigenvalue weighted by Gasteiger charge is 2.15. The van der Waals surface area contributed by atoms with Crippen LogP contribution in [-0.2, 0) is 0 Å². The number of phenolic OH excluding ortho intramolecular Hbond substituents is 1. The van der Waals surface area contributed by atoms with Crippen LogP contribution < -0.4 is 10.1 Å². The zero-order valence-electron chi connectivity index (χ0n) is 10.5. The lowest BCUT2D eigenvalue weighted by atomic mass is 10.2. The highest BCUT2D eigenvalue weighted by atomic mass is 19.3. The Morgan fingerprint density at radius 1 is 1.19 bits per heavy atom. The van der Waals surface area contributed by atoms with Gasteiger partial charge in [-0.1, -0.05) is 12.1 Å². The van der Waals surface area contributed by atoms with Crippen LogP contribution in [0.15, 0.2) is 42.5 Å². The molecule has 0 aliphatic heterocycles. The minimum absolute atomic E-state index is 0.0714. The molecular formula is C14H10F3NO3. The van der Waals surface area contributed by atoms with Gasteiger partial charge in [0.05, 0.1) is 5.56 Å². The molecule has 0 bridgehead atoms. The number of phenols is 1. The van der Waals surface area contributed by atoms with Crippen molar-refractivity contribution in [2.75, 3.05) is 5.32 Å². The lowest BCUT2D eigenvalue weighted by Gasteiger charge is -2.11. The second-order valence-electron chi connectivity index (χ2n) is 3.99. The molecule has 2 rings (SSSR count). The van der Waals surface area contributed by atoms with E-state index in [-0.39, 0.29) is 17.0 Å². The van der Waals surface area contributed by atoms with Crippen molar-refractivity contribution in [3.8, 4) is 11.5 Å². The maximum Gasteiger partial charge on any atom is 0.387 e. The number of hydrogen-bond donors (Lipinski definition) is 2. The molecule has 0 aliphatic carbocycles. The number of amides is 1. The Kier molecular flexibility index (Phi) is 4.32. The fourth-order valence-corrected chi connectivity index (χ4v) is 1.64. The van der Waals surface area contributed by atoms with E-state index in [1.165, 1.54) is 30.3 Å². The quantitative estimate of drug-likeness (QED) is 0.850. The predicted molar refractivity (Wildman–Crippen MR) is 69.1 cm³/mol. The first-order chi connectivity index (χ1) is 9.97. The Labute approximate surface area is 117 Å². The maximum atomic E-state index is 13.2. The SMILES string of the molecule is O=C(Nc1ccc(O)c(F)c1)c1ccccc1OC(F)F. The molecule has 0 heterocycles. The number of alkyl halides is 2. The minimum Gasteiger partial charge on any atom is -0.505 e. The third-order valence-corrected chi connectivity index (χ3v) is 2.55. The molecule has 0 unspecified atom stereocenters. The summed E-state index contributed by atoms with van der Waals surface area (Å²) < 4.78 is 41.9. The van der Waals surface area contributed by atoms with Crippen molar-refractivity contribution in [2.24, 2.45) is 0 Å². The molecule has 2 aromatic rings. The van der Waals surface area contributed by atoms with Crippen LogP contribution in [0.4, 0.5) is 18.9 Å². The fourth-order valence-electron chi connectivity index (χ4n) is 1.64. The zero-order valence-corrected chi connectivity index (χ0v) is 10.5. The molecule has 0 aliphatic rings. The van der Waals surface area contributed by atoms with Gasteiger partial charge in [-0.15, -0.1) is 0 Å². The molecule has 4 nitrogen and oxygen atoms in total. The molecule has 7 heteroatoms. The van der Waals surface area contributed by atoms with E-state index < -0.39 is 24.1 Å². The van der Waals surface area contributed by atoms with Gasteiger partial charge >= 0.3 is 6.61 Å². The van der Waals surface area contributed by atoms with Gasteiger partial charge in [-0.3, -0.25) is 4.79 Å². The molecule has 1 amide bonds. The van der Waals surface area contributed by atoms with Crippen LogP contribution in [0, 0.1) is 5.82 Å². The third kappa shape index (κ3) is 3.65. The average Bonchev–Trinajstić information content (AvgIpc) is 2.43. The molecule has 2 aromatic carbocycles. The van der Waals surface area contributed by atoms with Gasteiger partial charge in [0.1, 0.15) is 5.75 Å². The Bertz CT molecular complexity index is 662. The van der Waals surface area contributed by atoms with Crippen molar-refractivity contribution < 1.29 is 27.8 Å². The van der Waals surface area contributed by atoms with Crippen molar-refractivity contribution in [1.29, 1.82) is 0 Å². The summed E-state index contributed by atoms with van der Waals surface area (Å²) >= 11 is 0. The number of rotatable bonds is 4. The van der Waals surface area contributed by atoms with Crippen LogP contribution >= 0.6 is 0 Å². The van der Waals surface area contributed by atoms with E-state index in [0.717, 1.165) is 12.1 Å². The largest absolute Gasteiger partial charge is 0.505 e. The minimum atomic E-state index is -3.06. The predicted octanol–water partition coefficient (Wildman–Crippen LogP) is 3.39. The molecule has 0 aromatic heterocycles. The number of hydrogen-bond acceptors (Lipinski definition) is 3. The molecule has 110 valence electrons. The van der Waals surface area contributed by atoms with E-state index in [2.05, 4.69) is 10.1 Å². The number of para-hydroxylation sites is 1. The van der Waals surface area contributed by atoms with Gasteiger partial charge in [0.25, 0.3) is 5.91 Å². The van der Waals surface area contributed by atoms with Gasteiger partial charge in [0.2, 0.25) is 0 Å². The highest BCUT2D eigenvalue weighted by molar-refractivity contribution is 6.06. The summed E-state index contributed by atoms with van der Waals surface area (Å²) in [5, 5.41) is 11.4. The fraction of sp³-hybridized carbons (Fsp3) is 0.0714. The molecular weight excluding hydrogens is 287 g/mol. The maximum absolute atomic E-state index is 13.2. The normalized spacial score (nSPS) is 10.5. The van der Waals surface area contributed by atoms with E-state index in [1.807, 2.05) is 0 Å². The Balaban J connectivity index is 2.22. The molecule has 0 spiro atoms. The van der Waals surface area contributed by atoms with Crippen LogP contribution in [0.2, 0.25) is 0 Å². The number of aromatic hydroxyl groups is 1. The number of halogens is 3. The highest BCUT2D eigenvalue weighted by Crippen LogP contribution is 2.23. The van der Waals surface area contributed by atoms with Crippen LogP contribution in [0.3, 0.4) is 0 Å². The number of nitrogens with one attached hydrogen (secondary N) is 1. The van der Waals surface area contributed by atoms with Gasteiger partial charge in [-0.25, -0.2) is 4.39 Å². The number of anilines is 1. The van der Waals surface area contributed by atoms with Crippen LogP contribution in [0.25, 0.3) is 0 Å². The van der Waals surface area contributed by atoms with Gasteiger partial charge in [-0.05, 0) is 24.3 Å². The second-order valence-corrected chi connectivity index (χ2v) is 3.99. The van der Waals surface area contributed by atoms with E-state index in [1.54, 1.807) is 0 Å². The summed E-state index contributed by atoms with van der Waals surface area (Å²) in [6.07, 6.45) is 0. The molecule has 0 radical (unpaired) electrons. The summed E-state index contributed by atoms with van der Waals surface area (Å²) in [5.74, 6) is -2.50. The van der Waals surface area contributed by atoms with Crippen molar-refractivity contribution in [3.63, 3.8) is 0 Å². The van der Waals surface area contributed by atoms with E-state index in [9.17, 15) is 18.0 Å². The molecule has 0 fully saturated rings. The standard InChI is InChI=1S/C14H10F3NO3/c15-10-7-8(5-6-11(10)19)18-13(20)9-3-1-2-4-12(9)21-14(16)17/h1-7,14,19H,(H,18,20). The smallest absolute Gasteiger partial charge is 0.387 e. The third-order valence-electron chi connectivity index (χ3n) is 2.55. The van der Waals surface area contributed by atoms with Crippen LogP contribution in [-0.4, -0.2) is 17.6 Å². The molecule has 0 atom stereocenters. The van der Waals surface area contributed by atoms with Gasteiger partial charge in [0.15, 0.2) is 11.6 Å². The number of carbonyl (C=O) groups excluding carboxylic acids is 1. The summed E-state index contributed by atoms with van der Waals surface area (Å²) in [5.41, 5.74) is -0.0477. The first kappa shape index (κ1) is 14.7. The molecule has 21 heavy (non-hydrogen) atoms. The Morgan fingerprint density at radius 3 is 2.57 bits per heavy atom. The van der Waals surface area contributed by atoms with Gasteiger partial charge < -0.3 is 15.2 Å².